The van der Waals surface area contributed by atoms with Crippen LogP contribution in [0, 0.1) is 0 Å². The summed E-state index contributed by atoms with van der Waals surface area (Å²) < 4.78 is 27.0. The minimum atomic E-state index is -3.50. The third kappa shape index (κ3) is 4.41. The van der Waals surface area contributed by atoms with E-state index in [9.17, 15) is 13.2 Å². The molecule has 0 saturated carbocycles. The van der Waals surface area contributed by atoms with Crippen LogP contribution in [0.5, 0.6) is 0 Å². The van der Waals surface area contributed by atoms with Crippen molar-refractivity contribution in [2.45, 2.75) is 30.6 Å². The fraction of sp³-hybridized carbons (Fsp3) is 0.333. The lowest BCUT2D eigenvalue weighted by Crippen LogP contribution is -2.31. The van der Waals surface area contributed by atoms with Crippen LogP contribution in [0.15, 0.2) is 47.5 Å². The first kappa shape index (κ1) is 18.8. The van der Waals surface area contributed by atoms with Crippen molar-refractivity contribution in [1.82, 2.24) is 9.29 Å². The number of nitrogens with one attached hydrogen (secondary N) is 1. The van der Waals surface area contributed by atoms with Crippen LogP contribution in [-0.2, 0) is 10.0 Å². The van der Waals surface area contributed by atoms with Crippen molar-refractivity contribution in [3.63, 3.8) is 0 Å². The van der Waals surface area contributed by atoms with Gasteiger partial charge in [-0.2, -0.15) is 4.31 Å². The molecular weight excluding hydrogens is 374 g/mol. The first-order chi connectivity index (χ1) is 12.5. The molecule has 1 aromatic heterocycles. The van der Waals surface area contributed by atoms with Gasteiger partial charge in [0.1, 0.15) is 5.69 Å². The third-order valence-electron chi connectivity index (χ3n) is 4.27. The lowest BCUT2D eigenvalue weighted by molar-refractivity contribution is 0.102. The second-order valence-electron chi connectivity index (χ2n) is 6.16. The van der Waals surface area contributed by atoms with E-state index in [1.807, 2.05) is 0 Å². The Kier molecular flexibility index (Phi) is 5.90. The van der Waals surface area contributed by atoms with Gasteiger partial charge in [-0.25, -0.2) is 8.42 Å². The van der Waals surface area contributed by atoms with Crippen LogP contribution in [0.2, 0.25) is 5.02 Å². The molecule has 2 aromatic rings. The Morgan fingerprint density at radius 2 is 1.69 bits per heavy atom. The first-order valence-electron chi connectivity index (χ1n) is 8.50. The van der Waals surface area contributed by atoms with Crippen LogP contribution < -0.4 is 5.32 Å². The van der Waals surface area contributed by atoms with Crippen molar-refractivity contribution in [3.8, 4) is 0 Å². The number of halogens is 1. The predicted octanol–water partition coefficient (Wildman–Crippen LogP) is 3.55. The van der Waals surface area contributed by atoms with E-state index in [1.165, 1.54) is 24.4 Å². The number of hydrogen-bond acceptors (Lipinski definition) is 4. The van der Waals surface area contributed by atoms with Crippen molar-refractivity contribution in [2.75, 3.05) is 18.4 Å². The molecule has 2 heterocycles. The van der Waals surface area contributed by atoms with E-state index in [-0.39, 0.29) is 10.6 Å². The summed E-state index contributed by atoms with van der Waals surface area (Å²) >= 11 is 5.86. The standard InChI is InChI=1S/C18H20ClN3O3S/c19-14-9-10-20-17(13-14)18(23)21-15-5-7-16(8-6-15)26(24,25)22-11-3-1-2-4-12-22/h5-10,13H,1-4,11-12H2,(H,21,23). The summed E-state index contributed by atoms with van der Waals surface area (Å²) in [6, 6.07) is 9.23. The number of benzene rings is 1. The van der Waals surface area contributed by atoms with Crippen LogP contribution in [0.1, 0.15) is 36.2 Å². The molecule has 8 heteroatoms. The topological polar surface area (TPSA) is 79.4 Å². The molecule has 26 heavy (non-hydrogen) atoms. The normalized spacial score (nSPS) is 16.0. The molecule has 1 aliphatic heterocycles. The van der Waals surface area contributed by atoms with E-state index in [4.69, 9.17) is 11.6 Å². The van der Waals surface area contributed by atoms with Gasteiger partial charge in [0, 0.05) is 30.0 Å². The molecule has 0 atom stereocenters. The average Bonchev–Trinajstić information content (AvgIpc) is 2.92. The molecule has 6 nitrogen and oxygen atoms in total. The highest BCUT2D eigenvalue weighted by Crippen LogP contribution is 2.22. The zero-order valence-corrected chi connectivity index (χ0v) is 15.8. The maximum absolute atomic E-state index is 12.7. The molecule has 3 rings (SSSR count). The van der Waals surface area contributed by atoms with Crippen LogP contribution in [0.4, 0.5) is 5.69 Å². The summed E-state index contributed by atoms with van der Waals surface area (Å²) in [6.45, 7) is 1.11. The predicted molar refractivity (Wildman–Crippen MR) is 101 cm³/mol. The molecule has 1 aromatic carbocycles. The van der Waals surface area contributed by atoms with Gasteiger partial charge in [-0.05, 0) is 49.2 Å². The smallest absolute Gasteiger partial charge is 0.274 e. The SMILES string of the molecule is O=C(Nc1ccc(S(=O)(=O)N2CCCCCC2)cc1)c1cc(Cl)ccn1. The number of pyridine rings is 1. The summed E-state index contributed by atoms with van der Waals surface area (Å²) in [5.74, 6) is -0.407. The summed E-state index contributed by atoms with van der Waals surface area (Å²) in [6.07, 6.45) is 5.36. The molecular formula is C18H20ClN3O3S. The van der Waals surface area contributed by atoms with E-state index in [0.717, 1.165) is 25.7 Å². The van der Waals surface area contributed by atoms with Crippen molar-refractivity contribution in [1.29, 1.82) is 0 Å². The largest absolute Gasteiger partial charge is 0.321 e. The maximum atomic E-state index is 12.7. The highest BCUT2D eigenvalue weighted by Gasteiger charge is 2.25. The highest BCUT2D eigenvalue weighted by atomic mass is 35.5. The van der Waals surface area contributed by atoms with E-state index < -0.39 is 15.9 Å². The van der Waals surface area contributed by atoms with Crippen molar-refractivity contribution in [2.24, 2.45) is 0 Å². The Balaban J connectivity index is 1.72. The van der Waals surface area contributed by atoms with Gasteiger partial charge in [0.15, 0.2) is 0 Å². The van der Waals surface area contributed by atoms with Crippen molar-refractivity contribution in [3.05, 3.63) is 53.3 Å². The minimum absolute atomic E-state index is 0.193. The van der Waals surface area contributed by atoms with E-state index >= 15 is 0 Å². The molecule has 0 bridgehead atoms. The summed E-state index contributed by atoms with van der Waals surface area (Å²) in [5.41, 5.74) is 0.686. The molecule has 0 spiro atoms. The number of rotatable bonds is 4. The number of aromatic nitrogens is 1. The van der Waals surface area contributed by atoms with Gasteiger partial charge < -0.3 is 5.32 Å². The van der Waals surface area contributed by atoms with Gasteiger partial charge in [-0.3, -0.25) is 9.78 Å². The van der Waals surface area contributed by atoms with Gasteiger partial charge in [0.2, 0.25) is 10.0 Å². The zero-order chi connectivity index (χ0) is 18.6. The Morgan fingerprint density at radius 1 is 1.04 bits per heavy atom. The molecule has 1 aliphatic rings. The number of anilines is 1. The molecule has 1 amide bonds. The Morgan fingerprint density at radius 3 is 2.31 bits per heavy atom. The van der Waals surface area contributed by atoms with E-state index in [2.05, 4.69) is 10.3 Å². The molecule has 1 N–H and O–H groups in total. The fourth-order valence-electron chi connectivity index (χ4n) is 2.87. The van der Waals surface area contributed by atoms with Crippen LogP contribution in [0.3, 0.4) is 0 Å². The lowest BCUT2D eigenvalue weighted by atomic mass is 10.2. The molecule has 1 saturated heterocycles. The maximum Gasteiger partial charge on any atom is 0.274 e. The number of sulfonamides is 1. The summed E-state index contributed by atoms with van der Waals surface area (Å²) in [5, 5.41) is 3.11. The molecule has 0 unspecified atom stereocenters. The van der Waals surface area contributed by atoms with Crippen molar-refractivity contribution >= 4 is 33.2 Å². The van der Waals surface area contributed by atoms with Gasteiger partial charge in [-0.1, -0.05) is 24.4 Å². The lowest BCUT2D eigenvalue weighted by Gasteiger charge is -2.20. The van der Waals surface area contributed by atoms with Crippen LogP contribution in [-0.4, -0.2) is 36.7 Å². The van der Waals surface area contributed by atoms with E-state index in [1.54, 1.807) is 22.5 Å². The minimum Gasteiger partial charge on any atom is -0.321 e. The van der Waals surface area contributed by atoms with Gasteiger partial charge in [0.25, 0.3) is 5.91 Å². The monoisotopic (exact) mass is 393 g/mol. The number of carbonyl (C=O) groups excluding carboxylic acids is 1. The molecule has 138 valence electrons. The Hall–Kier alpha value is -1.96. The van der Waals surface area contributed by atoms with Gasteiger partial charge in [-0.15, -0.1) is 0 Å². The second-order valence-corrected chi connectivity index (χ2v) is 8.53. The first-order valence-corrected chi connectivity index (χ1v) is 10.3. The fourth-order valence-corrected chi connectivity index (χ4v) is 4.54. The van der Waals surface area contributed by atoms with Crippen LogP contribution >= 0.6 is 11.6 Å². The number of hydrogen-bond donors (Lipinski definition) is 1. The highest BCUT2D eigenvalue weighted by molar-refractivity contribution is 7.89. The molecule has 1 fully saturated rings. The van der Waals surface area contributed by atoms with Gasteiger partial charge in [0.05, 0.1) is 4.90 Å². The summed E-state index contributed by atoms with van der Waals surface area (Å²) in [7, 11) is -3.50. The van der Waals surface area contributed by atoms with Crippen LogP contribution in [0.25, 0.3) is 0 Å². The van der Waals surface area contributed by atoms with Crippen molar-refractivity contribution < 1.29 is 13.2 Å². The average molecular weight is 394 g/mol. The third-order valence-corrected chi connectivity index (χ3v) is 6.42. The van der Waals surface area contributed by atoms with E-state index in [0.29, 0.717) is 23.8 Å². The quantitative estimate of drug-likeness (QED) is 0.861. The molecule has 0 aliphatic carbocycles. The number of amides is 1. The van der Waals surface area contributed by atoms with Gasteiger partial charge >= 0.3 is 0 Å². The summed E-state index contributed by atoms with van der Waals surface area (Å²) in [4.78, 5) is 16.4. The second kappa shape index (κ2) is 8.16. The Labute approximate surface area is 158 Å². The zero-order valence-electron chi connectivity index (χ0n) is 14.2. The Bertz CT molecular complexity index is 877. The molecule has 0 radical (unpaired) electrons. The number of carbonyl (C=O) groups is 1. The number of nitrogens with zero attached hydrogens (tertiary/aromatic N) is 2.